The third kappa shape index (κ3) is 3.15. The van der Waals surface area contributed by atoms with Gasteiger partial charge in [0.2, 0.25) is 0 Å². The molecule has 0 aliphatic heterocycles. The van der Waals surface area contributed by atoms with Gasteiger partial charge < -0.3 is 4.74 Å². The van der Waals surface area contributed by atoms with Gasteiger partial charge in [0.1, 0.15) is 18.5 Å². The minimum absolute atomic E-state index is 0.0145. The van der Waals surface area contributed by atoms with Crippen LogP contribution in [0.25, 0.3) is 0 Å². The number of hydrogen-bond donors (Lipinski definition) is 0. The second kappa shape index (κ2) is 6.01. The van der Waals surface area contributed by atoms with Crippen LogP contribution in [0.15, 0.2) is 36.4 Å². The molecule has 0 N–H and O–H groups in total. The maximum atomic E-state index is 13.2. The molecule has 0 aliphatic rings. The predicted octanol–water partition coefficient (Wildman–Crippen LogP) is 3.49. The Bertz CT molecular complexity index is 738. The molecule has 0 radical (unpaired) electrons. The van der Waals surface area contributed by atoms with Gasteiger partial charge in [-0.2, -0.15) is 5.26 Å². The van der Waals surface area contributed by atoms with Crippen LogP contribution in [0.1, 0.15) is 16.7 Å². The van der Waals surface area contributed by atoms with Crippen molar-refractivity contribution in [3.05, 3.63) is 69.0 Å². The summed E-state index contributed by atoms with van der Waals surface area (Å²) in [5.41, 5.74) is 0.977. The number of nitrogens with zero attached hydrogens (tertiary/aromatic N) is 2. The lowest BCUT2D eigenvalue weighted by Crippen LogP contribution is -2.01. The van der Waals surface area contributed by atoms with Crippen LogP contribution in [0.5, 0.6) is 5.75 Å². The second-order valence-electron chi connectivity index (χ2n) is 4.39. The highest BCUT2D eigenvalue weighted by atomic mass is 19.1. The molecule has 2 aromatic carbocycles. The standard InChI is InChI=1S/C15H11FN2O3/c1-10-3-2-4-14(18(19)20)15(10)21-9-11-5-6-13(16)12(7-11)8-17/h2-7H,9H2,1H3. The maximum Gasteiger partial charge on any atom is 0.311 e. The van der Waals surface area contributed by atoms with Crippen LogP contribution in [0, 0.1) is 34.2 Å². The van der Waals surface area contributed by atoms with E-state index in [0.717, 1.165) is 0 Å². The second-order valence-corrected chi connectivity index (χ2v) is 4.39. The van der Waals surface area contributed by atoms with E-state index in [9.17, 15) is 14.5 Å². The summed E-state index contributed by atoms with van der Waals surface area (Å²) in [7, 11) is 0. The van der Waals surface area contributed by atoms with Gasteiger partial charge in [-0.3, -0.25) is 10.1 Å². The van der Waals surface area contributed by atoms with Crippen molar-refractivity contribution in [1.82, 2.24) is 0 Å². The van der Waals surface area contributed by atoms with E-state index >= 15 is 0 Å². The summed E-state index contributed by atoms with van der Waals surface area (Å²) in [6, 6.07) is 10.4. The minimum atomic E-state index is -0.608. The van der Waals surface area contributed by atoms with Gasteiger partial charge >= 0.3 is 5.69 Å². The number of benzene rings is 2. The van der Waals surface area contributed by atoms with E-state index in [-0.39, 0.29) is 23.6 Å². The zero-order chi connectivity index (χ0) is 15.4. The zero-order valence-corrected chi connectivity index (χ0v) is 11.2. The molecule has 21 heavy (non-hydrogen) atoms. The molecule has 0 fully saturated rings. The molecule has 106 valence electrons. The van der Waals surface area contributed by atoms with Crippen LogP contribution >= 0.6 is 0 Å². The number of nitro benzene ring substituents is 1. The molecule has 0 atom stereocenters. The van der Waals surface area contributed by atoms with E-state index in [2.05, 4.69) is 0 Å². The summed E-state index contributed by atoms with van der Waals surface area (Å²) in [4.78, 5) is 10.4. The minimum Gasteiger partial charge on any atom is -0.482 e. The molecule has 5 nitrogen and oxygen atoms in total. The van der Waals surface area contributed by atoms with Gasteiger partial charge in [-0.15, -0.1) is 0 Å². The molecule has 6 heteroatoms. The van der Waals surface area contributed by atoms with Crippen LogP contribution in [0.4, 0.5) is 10.1 Å². The summed E-state index contributed by atoms with van der Waals surface area (Å²) in [5.74, 6) is -0.437. The van der Waals surface area contributed by atoms with Crippen molar-refractivity contribution in [3.8, 4) is 11.8 Å². The number of rotatable bonds is 4. The number of nitro groups is 1. The van der Waals surface area contributed by atoms with Gasteiger partial charge in [-0.25, -0.2) is 4.39 Å². The number of aryl methyl sites for hydroxylation is 1. The quantitative estimate of drug-likeness (QED) is 0.636. The average molecular weight is 286 g/mol. The van der Waals surface area contributed by atoms with E-state index in [0.29, 0.717) is 11.1 Å². The van der Waals surface area contributed by atoms with Crippen LogP contribution in [0.3, 0.4) is 0 Å². The Kier molecular flexibility index (Phi) is 4.14. The largest absolute Gasteiger partial charge is 0.482 e. The molecule has 0 saturated carbocycles. The molecule has 0 unspecified atom stereocenters. The number of para-hydroxylation sites is 1. The van der Waals surface area contributed by atoms with Gasteiger partial charge in [0.25, 0.3) is 0 Å². The molecule has 2 aromatic rings. The van der Waals surface area contributed by atoms with E-state index < -0.39 is 10.7 Å². The summed E-state index contributed by atoms with van der Waals surface area (Å²) < 4.78 is 18.7. The highest BCUT2D eigenvalue weighted by molar-refractivity contribution is 5.51. The first-order chi connectivity index (χ1) is 10.0. The van der Waals surface area contributed by atoms with Crippen molar-refractivity contribution in [3.63, 3.8) is 0 Å². The van der Waals surface area contributed by atoms with Crippen molar-refractivity contribution in [1.29, 1.82) is 5.26 Å². The van der Waals surface area contributed by atoms with E-state index in [1.54, 1.807) is 25.1 Å². The van der Waals surface area contributed by atoms with Gasteiger partial charge in [0, 0.05) is 6.07 Å². The third-order valence-corrected chi connectivity index (χ3v) is 2.92. The Balaban J connectivity index is 2.25. The van der Waals surface area contributed by atoms with Crippen LogP contribution in [-0.2, 0) is 6.61 Å². The van der Waals surface area contributed by atoms with Gasteiger partial charge in [-0.05, 0) is 30.2 Å². The van der Waals surface area contributed by atoms with E-state index in [1.165, 1.54) is 24.3 Å². The molecule has 0 aromatic heterocycles. The molecule has 0 aliphatic carbocycles. The monoisotopic (exact) mass is 286 g/mol. The fourth-order valence-corrected chi connectivity index (χ4v) is 1.87. The Morgan fingerprint density at radius 3 is 2.81 bits per heavy atom. The SMILES string of the molecule is Cc1cccc([N+](=O)[O-])c1OCc1ccc(F)c(C#N)c1. The maximum absolute atomic E-state index is 13.2. The first-order valence-corrected chi connectivity index (χ1v) is 6.08. The number of halogens is 1. The van der Waals surface area contributed by atoms with Crippen molar-refractivity contribution in [2.75, 3.05) is 0 Å². The van der Waals surface area contributed by atoms with Crippen molar-refractivity contribution >= 4 is 5.69 Å². The highest BCUT2D eigenvalue weighted by Gasteiger charge is 2.17. The van der Waals surface area contributed by atoms with Crippen LogP contribution in [0.2, 0.25) is 0 Å². The molecule has 0 bridgehead atoms. The normalized spacial score (nSPS) is 9.95. The third-order valence-electron chi connectivity index (χ3n) is 2.92. The van der Waals surface area contributed by atoms with Crippen molar-refractivity contribution < 1.29 is 14.1 Å². The Morgan fingerprint density at radius 2 is 2.14 bits per heavy atom. The molecule has 0 saturated heterocycles. The topological polar surface area (TPSA) is 76.2 Å². The average Bonchev–Trinajstić information content (AvgIpc) is 2.47. The molecule has 0 amide bonds. The number of nitriles is 1. The molecule has 0 heterocycles. The van der Waals surface area contributed by atoms with E-state index in [1.807, 2.05) is 0 Å². The lowest BCUT2D eigenvalue weighted by molar-refractivity contribution is -0.386. The predicted molar refractivity (Wildman–Crippen MR) is 73.3 cm³/mol. The molecule has 2 rings (SSSR count). The lowest BCUT2D eigenvalue weighted by Gasteiger charge is -2.09. The summed E-state index contributed by atoms with van der Waals surface area (Å²) in [5, 5.41) is 19.7. The van der Waals surface area contributed by atoms with Gasteiger partial charge in [0.05, 0.1) is 10.5 Å². The lowest BCUT2D eigenvalue weighted by atomic mass is 10.1. The zero-order valence-electron chi connectivity index (χ0n) is 11.2. The summed E-state index contributed by atoms with van der Waals surface area (Å²) >= 11 is 0. The Labute approximate surface area is 120 Å². The molecular formula is C15H11FN2O3. The highest BCUT2D eigenvalue weighted by Crippen LogP contribution is 2.31. The first-order valence-electron chi connectivity index (χ1n) is 6.08. The summed E-state index contributed by atoms with van der Waals surface area (Å²) in [6.45, 7) is 1.72. The van der Waals surface area contributed by atoms with E-state index in [4.69, 9.17) is 10.00 Å². The van der Waals surface area contributed by atoms with Crippen LogP contribution < -0.4 is 4.74 Å². The fraction of sp³-hybridized carbons (Fsp3) is 0.133. The number of hydrogen-bond acceptors (Lipinski definition) is 4. The Hall–Kier alpha value is -2.94. The van der Waals surface area contributed by atoms with Crippen LogP contribution in [-0.4, -0.2) is 4.92 Å². The Morgan fingerprint density at radius 1 is 1.38 bits per heavy atom. The number of ether oxygens (including phenoxy) is 1. The summed E-state index contributed by atoms with van der Waals surface area (Å²) in [6.07, 6.45) is 0. The first kappa shape index (κ1) is 14.5. The van der Waals surface area contributed by atoms with Crippen molar-refractivity contribution in [2.24, 2.45) is 0 Å². The van der Waals surface area contributed by atoms with Gasteiger partial charge in [-0.1, -0.05) is 18.2 Å². The van der Waals surface area contributed by atoms with Gasteiger partial charge in [0.15, 0.2) is 5.75 Å². The smallest absolute Gasteiger partial charge is 0.311 e. The molecular weight excluding hydrogens is 275 g/mol. The fourth-order valence-electron chi connectivity index (χ4n) is 1.87. The van der Waals surface area contributed by atoms with Crippen molar-refractivity contribution in [2.45, 2.75) is 13.5 Å². The molecule has 0 spiro atoms.